The molecule has 4 heteroatoms. The second-order valence-electron chi connectivity index (χ2n) is 6.29. The SMILES string of the molecule is C[C@H](CC(=O)N(C)C[C@@H]1COc2ccccc2O1)c1ccccc1. The Morgan fingerprint density at radius 2 is 1.79 bits per heavy atom. The molecular formula is C20H23NO3. The van der Waals surface area contributed by atoms with Crippen LogP contribution in [-0.2, 0) is 4.79 Å². The van der Waals surface area contributed by atoms with Crippen molar-refractivity contribution in [2.75, 3.05) is 20.2 Å². The Morgan fingerprint density at radius 1 is 1.12 bits per heavy atom. The third-order valence-electron chi connectivity index (χ3n) is 4.32. The molecule has 0 fully saturated rings. The zero-order chi connectivity index (χ0) is 16.9. The first-order valence-corrected chi connectivity index (χ1v) is 8.31. The van der Waals surface area contributed by atoms with Gasteiger partial charge in [-0.15, -0.1) is 0 Å². The minimum Gasteiger partial charge on any atom is -0.486 e. The fraction of sp³-hybridized carbons (Fsp3) is 0.350. The van der Waals surface area contributed by atoms with Gasteiger partial charge in [0.1, 0.15) is 6.61 Å². The zero-order valence-corrected chi connectivity index (χ0v) is 14.1. The Labute approximate surface area is 143 Å². The van der Waals surface area contributed by atoms with Crippen molar-refractivity contribution in [3.63, 3.8) is 0 Å². The fourth-order valence-corrected chi connectivity index (χ4v) is 2.88. The number of likely N-dealkylation sites (N-methyl/N-ethyl adjacent to an activating group) is 1. The molecule has 1 heterocycles. The lowest BCUT2D eigenvalue weighted by Gasteiger charge is -2.30. The average Bonchev–Trinajstić information content (AvgIpc) is 2.62. The summed E-state index contributed by atoms with van der Waals surface area (Å²) in [5.41, 5.74) is 1.19. The molecule has 2 aromatic rings. The van der Waals surface area contributed by atoms with Gasteiger partial charge in [0.2, 0.25) is 5.91 Å². The summed E-state index contributed by atoms with van der Waals surface area (Å²) in [5, 5.41) is 0. The van der Waals surface area contributed by atoms with Crippen molar-refractivity contribution in [3.8, 4) is 11.5 Å². The predicted octanol–water partition coefficient (Wildman–Crippen LogP) is 3.48. The van der Waals surface area contributed by atoms with E-state index in [-0.39, 0.29) is 17.9 Å². The van der Waals surface area contributed by atoms with Crippen LogP contribution in [0.5, 0.6) is 11.5 Å². The minimum atomic E-state index is -0.138. The van der Waals surface area contributed by atoms with Crippen LogP contribution in [-0.4, -0.2) is 37.1 Å². The summed E-state index contributed by atoms with van der Waals surface area (Å²) in [6, 6.07) is 17.7. The van der Waals surface area contributed by atoms with Gasteiger partial charge >= 0.3 is 0 Å². The number of benzene rings is 2. The van der Waals surface area contributed by atoms with E-state index in [0.29, 0.717) is 19.6 Å². The molecule has 0 aromatic heterocycles. The third kappa shape index (κ3) is 3.88. The number of rotatable bonds is 5. The van der Waals surface area contributed by atoms with Crippen LogP contribution < -0.4 is 9.47 Å². The quantitative estimate of drug-likeness (QED) is 0.845. The summed E-state index contributed by atoms with van der Waals surface area (Å²) in [6.45, 7) is 3.06. The van der Waals surface area contributed by atoms with Gasteiger partial charge in [-0.05, 0) is 23.6 Å². The number of fused-ring (bicyclic) bond motifs is 1. The van der Waals surface area contributed by atoms with Crippen LogP contribution in [0.15, 0.2) is 54.6 Å². The van der Waals surface area contributed by atoms with E-state index in [2.05, 4.69) is 19.1 Å². The first-order valence-electron chi connectivity index (χ1n) is 8.31. The number of para-hydroxylation sites is 2. The molecule has 2 atom stereocenters. The number of ether oxygens (including phenoxy) is 2. The Hall–Kier alpha value is -2.49. The van der Waals surface area contributed by atoms with Crippen molar-refractivity contribution >= 4 is 5.91 Å². The number of amides is 1. The Kier molecular flexibility index (Phi) is 5.04. The monoisotopic (exact) mass is 325 g/mol. The van der Waals surface area contributed by atoms with E-state index in [1.807, 2.05) is 49.5 Å². The minimum absolute atomic E-state index is 0.119. The molecule has 0 aliphatic carbocycles. The maximum atomic E-state index is 12.5. The maximum Gasteiger partial charge on any atom is 0.223 e. The number of nitrogens with zero attached hydrogens (tertiary/aromatic N) is 1. The van der Waals surface area contributed by atoms with Gasteiger partial charge in [0, 0.05) is 13.5 Å². The van der Waals surface area contributed by atoms with Crippen molar-refractivity contribution in [2.24, 2.45) is 0 Å². The van der Waals surface area contributed by atoms with E-state index in [9.17, 15) is 4.79 Å². The highest BCUT2D eigenvalue weighted by atomic mass is 16.6. The fourth-order valence-electron chi connectivity index (χ4n) is 2.88. The lowest BCUT2D eigenvalue weighted by atomic mass is 9.97. The van der Waals surface area contributed by atoms with Gasteiger partial charge in [0.05, 0.1) is 6.54 Å². The van der Waals surface area contributed by atoms with Crippen LogP contribution in [0.1, 0.15) is 24.8 Å². The van der Waals surface area contributed by atoms with Crippen molar-refractivity contribution in [3.05, 3.63) is 60.2 Å². The Morgan fingerprint density at radius 3 is 2.54 bits per heavy atom. The van der Waals surface area contributed by atoms with E-state index in [1.54, 1.807) is 4.90 Å². The largest absolute Gasteiger partial charge is 0.486 e. The lowest BCUT2D eigenvalue weighted by molar-refractivity contribution is -0.131. The van der Waals surface area contributed by atoms with Crippen molar-refractivity contribution in [2.45, 2.75) is 25.4 Å². The second-order valence-corrected chi connectivity index (χ2v) is 6.29. The number of carbonyl (C=O) groups excluding carboxylic acids is 1. The Balaban J connectivity index is 1.53. The predicted molar refractivity (Wildman–Crippen MR) is 93.5 cm³/mol. The molecular weight excluding hydrogens is 302 g/mol. The number of hydrogen-bond donors (Lipinski definition) is 0. The molecule has 4 nitrogen and oxygen atoms in total. The van der Waals surface area contributed by atoms with Crippen molar-refractivity contribution < 1.29 is 14.3 Å². The molecule has 0 saturated carbocycles. The summed E-state index contributed by atoms with van der Waals surface area (Å²) in [7, 11) is 1.82. The molecule has 0 unspecified atom stereocenters. The molecule has 0 saturated heterocycles. The summed E-state index contributed by atoms with van der Waals surface area (Å²) in [4.78, 5) is 14.2. The average molecular weight is 325 g/mol. The second kappa shape index (κ2) is 7.39. The molecule has 2 aromatic carbocycles. The molecule has 1 aliphatic heterocycles. The summed E-state index contributed by atoms with van der Waals surface area (Å²) in [6.07, 6.45) is 0.353. The van der Waals surface area contributed by atoms with E-state index in [4.69, 9.17) is 9.47 Å². The van der Waals surface area contributed by atoms with Crippen LogP contribution >= 0.6 is 0 Å². The zero-order valence-electron chi connectivity index (χ0n) is 14.1. The van der Waals surface area contributed by atoms with Gasteiger partial charge in [-0.3, -0.25) is 4.79 Å². The topological polar surface area (TPSA) is 38.8 Å². The van der Waals surface area contributed by atoms with Gasteiger partial charge in [-0.25, -0.2) is 0 Å². The van der Waals surface area contributed by atoms with Crippen LogP contribution in [0.4, 0.5) is 0 Å². The van der Waals surface area contributed by atoms with Gasteiger partial charge < -0.3 is 14.4 Å². The molecule has 0 bridgehead atoms. The van der Waals surface area contributed by atoms with Crippen LogP contribution in [0.3, 0.4) is 0 Å². The first-order chi connectivity index (χ1) is 11.6. The smallest absolute Gasteiger partial charge is 0.223 e. The molecule has 0 spiro atoms. The van der Waals surface area contributed by atoms with E-state index >= 15 is 0 Å². The van der Waals surface area contributed by atoms with Crippen molar-refractivity contribution in [1.82, 2.24) is 4.90 Å². The molecule has 1 amide bonds. The summed E-state index contributed by atoms with van der Waals surface area (Å²) < 4.78 is 11.6. The van der Waals surface area contributed by atoms with E-state index < -0.39 is 0 Å². The van der Waals surface area contributed by atoms with Crippen molar-refractivity contribution in [1.29, 1.82) is 0 Å². The molecule has 24 heavy (non-hydrogen) atoms. The number of carbonyl (C=O) groups is 1. The Bertz CT molecular complexity index is 686. The molecule has 0 radical (unpaired) electrons. The van der Waals surface area contributed by atoms with Gasteiger partial charge in [-0.2, -0.15) is 0 Å². The van der Waals surface area contributed by atoms with Gasteiger partial charge in [0.25, 0.3) is 0 Å². The summed E-state index contributed by atoms with van der Waals surface area (Å²) in [5.74, 6) is 1.83. The van der Waals surface area contributed by atoms with Crippen LogP contribution in [0.2, 0.25) is 0 Å². The molecule has 1 aliphatic rings. The standard InChI is InChI=1S/C20H23NO3/c1-15(16-8-4-3-5-9-16)12-20(22)21(2)13-17-14-23-18-10-6-7-11-19(18)24-17/h3-11,15,17H,12-14H2,1-2H3/t15-,17-/m1/s1. The van der Waals surface area contributed by atoms with Crippen LogP contribution in [0.25, 0.3) is 0 Å². The first kappa shape index (κ1) is 16.4. The van der Waals surface area contributed by atoms with Gasteiger partial charge in [-0.1, -0.05) is 49.4 Å². The van der Waals surface area contributed by atoms with Crippen LogP contribution in [0, 0.1) is 0 Å². The maximum absolute atomic E-state index is 12.5. The van der Waals surface area contributed by atoms with E-state index in [1.165, 1.54) is 5.56 Å². The molecule has 126 valence electrons. The lowest BCUT2D eigenvalue weighted by Crippen LogP contribution is -2.42. The van der Waals surface area contributed by atoms with Gasteiger partial charge in [0.15, 0.2) is 17.6 Å². The molecule has 3 rings (SSSR count). The highest BCUT2D eigenvalue weighted by Gasteiger charge is 2.24. The highest BCUT2D eigenvalue weighted by Crippen LogP contribution is 2.31. The summed E-state index contributed by atoms with van der Waals surface area (Å²) >= 11 is 0. The van der Waals surface area contributed by atoms with E-state index in [0.717, 1.165) is 11.5 Å². The third-order valence-corrected chi connectivity index (χ3v) is 4.32. The number of hydrogen-bond acceptors (Lipinski definition) is 3. The normalized spacial score (nSPS) is 17.2. The molecule has 0 N–H and O–H groups in total. The highest BCUT2D eigenvalue weighted by molar-refractivity contribution is 5.76.